The predicted octanol–water partition coefficient (Wildman–Crippen LogP) is 4.48. The molecule has 2 aliphatic rings. The van der Waals surface area contributed by atoms with Gasteiger partial charge in [-0.2, -0.15) is 0 Å². The maximum Gasteiger partial charge on any atom is 0.0746 e. The molecule has 1 saturated heterocycles. The molecule has 0 spiro atoms. The Hall–Kier alpha value is -2.01. The Morgan fingerprint density at radius 2 is 1.61 bits per heavy atom. The fraction of sp³-hybridized carbons (Fsp3) is 0.333. The number of aromatic nitrogens is 1. The summed E-state index contributed by atoms with van der Waals surface area (Å²) in [6.45, 7) is 6.66. The van der Waals surface area contributed by atoms with Crippen LogP contribution in [-0.4, -0.2) is 47.6 Å². The van der Waals surface area contributed by atoms with E-state index in [1.807, 2.05) is 11.8 Å². The van der Waals surface area contributed by atoms with E-state index in [-0.39, 0.29) is 0 Å². The third-order valence-electron chi connectivity index (χ3n) is 6.00. The summed E-state index contributed by atoms with van der Waals surface area (Å²) < 4.78 is 2.58. The van der Waals surface area contributed by atoms with E-state index in [1.165, 1.54) is 40.5 Å². The van der Waals surface area contributed by atoms with Gasteiger partial charge in [0.1, 0.15) is 0 Å². The quantitative estimate of drug-likeness (QED) is 0.655. The Morgan fingerprint density at radius 1 is 0.857 bits per heavy atom. The van der Waals surface area contributed by atoms with Crippen molar-refractivity contribution in [2.75, 3.05) is 33.2 Å². The number of hydrogen-bond acceptors (Lipinski definition) is 3. The lowest BCUT2D eigenvalue weighted by atomic mass is 10.1. The third-order valence-corrected chi connectivity index (χ3v) is 7.40. The van der Waals surface area contributed by atoms with Gasteiger partial charge < -0.3 is 9.47 Å². The Balaban J connectivity index is 1.52. The van der Waals surface area contributed by atoms with E-state index < -0.39 is 0 Å². The first kappa shape index (κ1) is 18.0. The van der Waals surface area contributed by atoms with E-state index in [9.17, 15) is 0 Å². The average Bonchev–Trinajstić information content (AvgIpc) is 3.02. The highest BCUT2D eigenvalue weighted by atomic mass is 32.2. The molecule has 5 rings (SSSR count). The monoisotopic (exact) mass is 389 g/mol. The number of rotatable bonds is 3. The molecule has 28 heavy (non-hydrogen) atoms. The molecule has 0 amide bonds. The SMILES string of the molecule is CN1CCN(Cc2ccc3n2Cc2ccccc2S[C@H]3c2ccccc2)CC1. The summed E-state index contributed by atoms with van der Waals surface area (Å²) in [7, 11) is 2.22. The highest BCUT2D eigenvalue weighted by Gasteiger charge is 2.26. The molecule has 0 unspecified atom stereocenters. The van der Waals surface area contributed by atoms with Crippen molar-refractivity contribution >= 4 is 11.8 Å². The standard InChI is InChI=1S/C24H27N3S/c1-25-13-15-26(16-14-25)18-21-11-12-22-24(19-7-3-2-4-8-19)28-23-10-6-5-9-20(23)17-27(21)22/h2-12,24H,13-18H2,1H3/t24-/m0/s1. The molecule has 2 aromatic carbocycles. The van der Waals surface area contributed by atoms with Gasteiger partial charge in [0.25, 0.3) is 0 Å². The minimum atomic E-state index is 0.339. The number of fused-ring (bicyclic) bond motifs is 2. The zero-order chi connectivity index (χ0) is 18.9. The molecule has 1 aromatic heterocycles. The highest BCUT2D eigenvalue weighted by molar-refractivity contribution is 7.99. The van der Waals surface area contributed by atoms with Crippen molar-refractivity contribution in [3.05, 3.63) is 89.2 Å². The lowest BCUT2D eigenvalue weighted by Crippen LogP contribution is -2.44. The molecular formula is C24H27N3S. The number of likely N-dealkylation sites (N-methyl/N-ethyl adjacent to an activating group) is 1. The average molecular weight is 390 g/mol. The van der Waals surface area contributed by atoms with Crippen LogP contribution in [0.15, 0.2) is 71.6 Å². The first-order valence-corrected chi connectivity index (χ1v) is 11.0. The molecule has 144 valence electrons. The van der Waals surface area contributed by atoms with Crippen molar-refractivity contribution in [3.8, 4) is 0 Å². The van der Waals surface area contributed by atoms with Crippen LogP contribution in [0.4, 0.5) is 0 Å². The maximum absolute atomic E-state index is 2.60. The van der Waals surface area contributed by atoms with Crippen LogP contribution in [0.1, 0.15) is 27.8 Å². The van der Waals surface area contributed by atoms with Crippen molar-refractivity contribution in [3.63, 3.8) is 0 Å². The van der Waals surface area contributed by atoms with Crippen molar-refractivity contribution in [1.82, 2.24) is 14.4 Å². The van der Waals surface area contributed by atoms with Crippen LogP contribution in [0, 0.1) is 0 Å². The van der Waals surface area contributed by atoms with Gasteiger partial charge in [0.05, 0.1) is 5.25 Å². The lowest BCUT2D eigenvalue weighted by Gasteiger charge is -2.32. The van der Waals surface area contributed by atoms with Crippen LogP contribution >= 0.6 is 11.8 Å². The van der Waals surface area contributed by atoms with Crippen LogP contribution < -0.4 is 0 Å². The molecular weight excluding hydrogens is 362 g/mol. The summed E-state index contributed by atoms with van der Waals surface area (Å²) >= 11 is 1.99. The van der Waals surface area contributed by atoms with Gasteiger partial charge in [0, 0.05) is 55.6 Å². The summed E-state index contributed by atoms with van der Waals surface area (Å²) in [6.07, 6.45) is 0. The molecule has 4 heteroatoms. The topological polar surface area (TPSA) is 11.4 Å². The molecule has 3 nitrogen and oxygen atoms in total. The molecule has 0 aliphatic carbocycles. The zero-order valence-corrected chi connectivity index (χ0v) is 17.2. The second-order valence-corrected chi connectivity index (χ2v) is 9.08. The predicted molar refractivity (Wildman–Crippen MR) is 117 cm³/mol. The van der Waals surface area contributed by atoms with Crippen LogP contribution in [0.3, 0.4) is 0 Å². The summed E-state index contributed by atoms with van der Waals surface area (Å²) in [6, 6.07) is 24.6. The summed E-state index contributed by atoms with van der Waals surface area (Å²) in [5, 5.41) is 0.339. The summed E-state index contributed by atoms with van der Waals surface area (Å²) in [4.78, 5) is 6.43. The second-order valence-electron chi connectivity index (χ2n) is 7.93. The fourth-order valence-corrected chi connectivity index (χ4v) is 5.61. The van der Waals surface area contributed by atoms with Gasteiger partial charge in [-0.3, -0.25) is 4.90 Å². The molecule has 1 fully saturated rings. The second kappa shape index (κ2) is 7.78. The van der Waals surface area contributed by atoms with Gasteiger partial charge >= 0.3 is 0 Å². The zero-order valence-electron chi connectivity index (χ0n) is 16.4. The molecule has 3 aromatic rings. The Bertz CT molecular complexity index is 941. The number of piperazine rings is 1. The van der Waals surface area contributed by atoms with Crippen molar-refractivity contribution < 1.29 is 0 Å². The lowest BCUT2D eigenvalue weighted by molar-refractivity contribution is 0.145. The van der Waals surface area contributed by atoms with Crippen LogP contribution in [0.25, 0.3) is 0 Å². The molecule has 0 bridgehead atoms. The van der Waals surface area contributed by atoms with E-state index in [0.29, 0.717) is 5.25 Å². The van der Waals surface area contributed by atoms with E-state index in [0.717, 1.165) is 26.2 Å². The molecule has 0 saturated carbocycles. The Labute approximate surface area is 172 Å². The minimum absolute atomic E-state index is 0.339. The minimum Gasteiger partial charge on any atom is -0.341 e. The third kappa shape index (κ3) is 3.52. The number of thioether (sulfide) groups is 1. The summed E-state index contributed by atoms with van der Waals surface area (Å²) in [5.74, 6) is 0. The van der Waals surface area contributed by atoms with Gasteiger partial charge in [0.2, 0.25) is 0 Å². The fourth-order valence-electron chi connectivity index (χ4n) is 4.30. The van der Waals surface area contributed by atoms with Crippen LogP contribution in [0.2, 0.25) is 0 Å². The number of hydrogen-bond donors (Lipinski definition) is 0. The van der Waals surface area contributed by atoms with Crippen LogP contribution in [-0.2, 0) is 13.1 Å². The Morgan fingerprint density at radius 3 is 2.43 bits per heavy atom. The smallest absolute Gasteiger partial charge is 0.0746 e. The number of nitrogens with zero attached hydrogens (tertiary/aromatic N) is 3. The Kier molecular flexibility index (Phi) is 5.02. The van der Waals surface area contributed by atoms with E-state index in [2.05, 4.69) is 88.1 Å². The van der Waals surface area contributed by atoms with Gasteiger partial charge in [-0.15, -0.1) is 11.8 Å². The summed E-state index contributed by atoms with van der Waals surface area (Å²) in [5.41, 5.74) is 5.69. The van der Waals surface area contributed by atoms with Gasteiger partial charge in [0.15, 0.2) is 0 Å². The van der Waals surface area contributed by atoms with E-state index in [4.69, 9.17) is 0 Å². The largest absolute Gasteiger partial charge is 0.341 e. The van der Waals surface area contributed by atoms with Gasteiger partial charge in [-0.25, -0.2) is 0 Å². The normalized spacial score (nSPS) is 20.4. The van der Waals surface area contributed by atoms with E-state index >= 15 is 0 Å². The van der Waals surface area contributed by atoms with Gasteiger partial charge in [-0.05, 0) is 36.4 Å². The molecule has 0 N–H and O–H groups in total. The number of benzene rings is 2. The molecule has 0 radical (unpaired) electrons. The maximum atomic E-state index is 2.60. The molecule has 1 atom stereocenters. The van der Waals surface area contributed by atoms with E-state index in [1.54, 1.807) is 0 Å². The van der Waals surface area contributed by atoms with Crippen molar-refractivity contribution in [2.45, 2.75) is 23.2 Å². The van der Waals surface area contributed by atoms with Crippen molar-refractivity contribution in [2.24, 2.45) is 0 Å². The molecule has 2 aliphatic heterocycles. The first-order valence-electron chi connectivity index (χ1n) is 10.2. The van der Waals surface area contributed by atoms with Crippen LogP contribution in [0.5, 0.6) is 0 Å². The van der Waals surface area contributed by atoms with Crippen molar-refractivity contribution in [1.29, 1.82) is 0 Å². The highest BCUT2D eigenvalue weighted by Crippen LogP contribution is 2.45. The molecule has 3 heterocycles. The van der Waals surface area contributed by atoms with Gasteiger partial charge in [-0.1, -0.05) is 48.5 Å². The first-order chi connectivity index (χ1) is 13.8.